The molecule has 4 rings (SSSR count). The molecule has 2 amide bonds. The molecule has 1 unspecified atom stereocenters. The molecule has 9 nitrogen and oxygen atoms in total. The molecule has 10 heteroatoms. The van der Waals surface area contributed by atoms with Crippen molar-refractivity contribution in [2.24, 2.45) is 0 Å². The third-order valence-electron chi connectivity index (χ3n) is 5.83. The van der Waals surface area contributed by atoms with Gasteiger partial charge in [-0.3, -0.25) is 9.59 Å². The second-order valence-corrected chi connectivity index (χ2v) is 10.2. The lowest BCUT2D eigenvalue weighted by Crippen LogP contribution is -2.46. The summed E-state index contributed by atoms with van der Waals surface area (Å²) in [5.41, 5.74) is 1.36. The Morgan fingerprint density at radius 2 is 1.70 bits per heavy atom. The van der Waals surface area contributed by atoms with Crippen molar-refractivity contribution in [2.75, 3.05) is 50.5 Å². The minimum atomic E-state index is -3.56. The number of nitrogens with one attached hydrogen (secondary N) is 2. The van der Waals surface area contributed by atoms with Crippen LogP contribution in [0, 0.1) is 0 Å². The van der Waals surface area contributed by atoms with Crippen molar-refractivity contribution in [3.63, 3.8) is 0 Å². The topological polar surface area (TPSA) is 108 Å². The van der Waals surface area contributed by atoms with Gasteiger partial charge in [0.25, 0.3) is 11.8 Å². The van der Waals surface area contributed by atoms with Gasteiger partial charge in [0.05, 0.1) is 4.90 Å². The van der Waals surface area contributed by atoms with E-state index in [-0.39, 0.29) is 16.7 Å². The van der Waals surface area contributed by atoms with Gasteiger partial charge in [-0.25, -0.2) is 8.42 Å². The van der Waals surface area contributed by atoms with Crippen molar-refractivity contribution in [2.45, 2.75) is 23.8 Å². The van der Waals surface area contributed by atoms with Gasteiger partial charge in [-0.15, -0.1) is 0 Å². The number of hydrogen-bond acceptors (Lipinski definition) is 6. The number of piperazine rings is 1. The van der Waals surface area contributed by atoms with Crippen LogP contribution < -0.4 is 10.6 Å². The quantitative estimate of drug-likeness (QED) is 0.666. The Morgan fingerprint density at radius 1 is 0.970 bits per heavy atom. The lowest BCUT2D eigenvalue weighted by atomic mass is 10.1. The fourth-order valence-corrected chi connectivity index (χ4v) is 5.26. The summed E-state index contributed by atoms with van der Waals surface area (Å²) in [6, 6.07) is 12.8. The van der Waals surface area contributed by atoms with E-state index >= 15 is 0 Å². The Labute approximate surface area is 193 Å². The first-order chi connectivity index (χ1) is 15.8. The van der Waals surface area contributed by atoms with Gasteiger partial charge in [0.1, 0.15) is 6.10 Å². The van der Waals surface area contributed by atoms with E-state index in [1.54, 1.807) is 36.4 Å². The number of likely N-dealkylation sites (N-methyl/N-ethyl adjacent to an activating group) is 1. The van der Waals surface area contributed by atoms with Crippen LogP contribution in [-0.4, -0.2) is 75.4 Å². The highest BCUT2D eigenvalue weighted by Gasteiger charge is 2.27. The molecule has 0 radical (unpaired) electrons. The van der Waals surface area contributed by atoms with Gasteiger partial charge >= 0.3 is 0 Å². The van der Waals surface area contributed by atoms with Crippen LogP contribution in [0.3, 0.4) is 0 Å². The van der Waals surface area contributed by atoms with Crippen LogP contribution in [0.4, 0.5) is 11.4 Å². The van der Waals surface area contributed by atoms with E-state index in [0.29, 0.717) is 56.1 Å². The molecular weight excluding hydrogens is 444 g/mol. The lowest BCUT2D eigenvalue weighted by Gasteiger charge is -2.31. The maximum atomic E-state index is 12.8. The summed E-state index contributed by atoms with van der Waals surface area (Å²) in [6.07, 6.45) is 1.09. The van der Waals surface area contributed by atoms with Gasteiger partial charge < -0.3 is 20.3 Å². The fourth-order valence-electron chi connectivity index (χ4n) is 3.84. The summed E-state index contributed by atoms with van der Waals surface area (Å²) in [7, 11) is -1.60. The monoisotopic (exact) mass is 472 g/mol. The molecule has 0 aliphatic carbocycles. The maximum absolute atomic E-state index is 12.8. The number of carbonyl (C=O) groups excluding carboxylic acids is 2. The van der Waals surface area contributed by atoms with Crippen molar-refractivity contribution >= 4 is 33.2 Å². The molecule has 2 aromatic carbocycles. The number of benzene rings is 2. The summed E-state index contributed by atoms with van der Waals surface area (Å²) in [6.45, 7) is 2.88. The minimum absolute atomic E-state index is 0.198. The maximum Gasteiger partial charge on any atom is 0.255 e. The highest BCUT2D eigenvalue weighted by Crippen LogP contribution is 2.21. The third kappa shape index (κ3) is 5.59. The number of carbonyl (C=O) groups is 2. The Balaban J connectivity index is 1.39. The molecule has 33 heavy (non-hydrogen) atoms. The van der Waals surface area contributed by atoms with Crippen molar-refractivity contribution in [3.05, 3.63) is 54.1 Å². The summed E-state index contributed by atoms with van der Waals surface area (Å²) in [4.78, 5) is 27.2. The molecule has 0 spiro atoms. The highest BCUT2D eigenvalue weighted by molar-refractivity contribution is 7.89. The van der Waals surface area contributed by atoms with Crippen LogP contribution in [0.25, 0.3) is 0 Å². The average molecular weight is 473 g/mol. The van der Waals surface area contributed by atoms with Gasteiger partial charge in [0, 0.05) is 49.7 Å². The van der Waals surface area contributed by atoms with Crippen LogP contribution in [0.1, 0.15) is 23.2 Å². The van der Waals surface area contributed by atoms with Gasteiger partial charge in [0.15, 0.2) is 0 Å². The Hall–Kier alpha value is -2.79. The Bertz CT molecular complexity index is 1110. The van der Waals surface area contributed by atoms with Crippen LogP contribution >= 0.6 is 0 Å². The molecule has 0 bridgehead atoms. The second-order valence-electron chi connectivity index (χ2n) is 8.26. The van der Waals surface area contributed by atoms with Gasteiger partial charge in [-0.1, -0.05) is 6.07 Å². The van der Waals surface area contributed by atoms with Gasteiger partial charge in [-0.05, 0) is 62.4 Å². The zero-order chi connectivity index (χ0) is 23.4. The van der Waals surface area contributed by atoms with E-state index in [4.69, 9.17) is 4.74 Å². The van der Waals surface area contributed by atoms with E-state index in [1.807, 2.05) is 7.05 Å². The van der Waals surface area contributed by atoms with Gasteiger partial charge in [0.2, 0.25) is 10.0 Å². The number of rotatable bonds is 6. The first-order valence-corrected chi connectivity index (χ1v) is 12.4. The normalized spacial score (nSPS) is 19.8. The zero-order valence-electron chi connectivity index (χ0n) is 18.5. The molecule has 2 N–H and O–H groups in total. The molecule has 2 saturated heterocycles. The van der Waals surface area contributed by atoms with Crippen molar-refractivity contribution < 1.29 is 22.7 Å². The highest BCUT2D eigenvalue weighted by atomic mass is 32.2. The predicted molar refractivity (Wildman–Crippen MR) is 125 cm³/mol. The second kappa shape index (κ2) is 10.0. The first-order valence-electron chi connectivity index (χ1n) is 11.0. The first kappa shape index (κ1) is 23.4. The van der Waals surface area contributed by atoms with E-state index in [2.05, 4.69) is 15.5 Å². The molecule has 176 valence electrons. The minimum Gasteiger partial charge on any atom is -0.368 e. The van der Waals surface area contributed by atoms with E-state index in [1.165, 1.54) is 16.4 Å². The molecule has 2 heterocycles. The Kier molecular flexibility index (Phi) is 7.08. The fraction of sp³-hybridized carbons (Fsp3) is 0.391. The molecule has 2 aliphatic rings. The lowest BCUT2D eigenvalue weighted by molar-refractivity contribution is -0.124. The predicted octanol–water partition coefficient (Wildman–Crippen LogP) is 1.99. The van der Waals surface area contributed by atoms with Crippen molar-refractivity contribution in [1.29, 1.82) is 0 Å². The summed E-state index contributed by atoms with van der Waals surface area (Å²) < 4.78 is 32.6. The Morgan fingerprint density at radius 3 is 2.36 bits per heavy atom. The van der Waals surface area contributed by atoms with Crippen LogP contribution in [0.5, 0.6) is 0 Å². The van der Waals surface area contributed by atoms with E-state index in [0.717, 1.165) is 6.42 Å². The summed E-state index contributed by atoms with van der Waals surface area (Å²) in [5, 5.41) is 5.55. The molecule has 1 atom stereocenters. The number of anilines is 2. The average Bonchev–Trinajstić information content (AvgIpc) is 3.35. The molecule has 2 aliphatic heterocycles. The molecule has 0 saturated carbocycles. The number of nitrogens with zero attached hydrogens (tertiary/aromatic N) is 2. The number of sulfonamides is 1. The smallest absolute Gasteiger partial charge is 0.255 e. The SMILES string of the molecule is CN1CCN(S(=O)(=O)c2ccc(NC(=O)c3cccc(NC(=O)C4CCCO4)c3)cc2)CC1. The molecule has 0 aromatic heterocycles. The van der Waals surface area contributed by atoms with Crippen LogP contribution in [0.15, 0.2) is 53.4 Å². The molecule has 2 fully saturated rings. The van der Waals surface area contributed by atoms with Gasteiger partial charge in [-0.2, -0.15) is 4.31 Å². The molecule has 2 aromatic rings. The number of amides is 2. The van der Waals surface area contributed by atoms with Crippen molar-refractivity contribution in [1.82, 2.24) is 9.21 Å². The third-order valence-corrected chi connectivity index (χ3v) is 7.74. The largest absolute Gasteiger partial charge is 0.368 e. The number of ether oxygens (including phenoxy) is 1. The zero-order valence-corrected chi connectivity index (χ0v) is 19.3. The van der Waals surface area contributed by atoms with E-state index < -0.39 is 16.1 Å². The number of hydrogen-bond donors (Lipinski definition) is 2. The summed E-state index contributed by atoms with van der Waals surface area (Å²) >= 11 is 0. The van der Waals surface area contributed by atoms with Crippen LogP contribution in [0.2, 0.25) is 0 Å². The van der Waals surface area contributed by atoms with E-state index in [9.17, 15) is 18.0 Å². The van der Waals surface area contributed by atoms with Crippen molar-refractivity contribution in [3.8, 4) is 0 Å². The molecular formula is C23H28N4O5S. The van der Waals surface area contributed by atoms with Crippen LogP contribution in [-0.2, 0) is 19.6 Å². The standard InChI is InChI=1S/C23H28N4O5S/c1-26-11-13-27(14-12-26)33(30,31)20-9-7-18(8-10-20)24-22(28)17-4-2-5-19(16-17)25-23(29)21-6-3-15-32-21/h2,4-5,7-10,16,21H,3,6,11-15H2,1H3,(H,24,28)(H,25,29). The summed E-state index contributed by atoms with van der Waals surface area (Å²) in [5.74, 6) is -0.583.